The van der Waals surface area contributed by atoms with Crippen molar-refractivity contribution in [2.45, 2.75) is 39.5 Å². The number of alkyl halides is 2. The fourth-order valence-electron chi connectivity index (χ4n) is 2.09. The van der Waals surface area contributed by atoms with Crippen molar-refractivity contribution in [1.82, 2.24) is 15.6 Å². The van der Waals surface area contributed by atoms with Gasteiger partial charge >= 0.3 is 6.61 Å². The first-order valence-corrected chi connectivity index (χ1v) is 8.79. The van der Waals surface area contributed by atoms with Gasteiger partial charge in [0.15, 0.2) is 5.96 Å². The van der Waals surface area contributed by atoms with Crippen molar-refractivity contribution in [2.24, 2.45) is 4.99 Å². The first-order chi connectivity index (χ1) is 12.0. The Kier molecular flexibility index (Phi) is 7.12. The molecule has 2 aromatic rings. The van der Waals surface area contributed by atoms with Crippen LogP contribution in [0.3, 0.4) is 0 Å². The lowest BCUT2D eigenvalue weighted by Crippen LogP contribution is -2.36. The zero-order valence-corrected chi connectivity index (χ0v) is 15.2. The molecule has 1 aromatic carbocycles. The van der Waals surface area contributed by atoms with Gasteiger partial charge in [0.2, 0.25) is 0 Å². The Hall–Kier alpha value is -2.22. The molecule has 2 N–H and O–H groups in total. The average Bonchev–Trinajstić information content (AvgIpc) is 3.05. The Morgan fingerprint density at radius 2 is 1.96 bits per heavy atom. The van der Waals surface area contributed by atoms with Gasteiger partial charge in [0.1, 0.15) is 10.8 Å². The van der Waals surface area contributed by atoms with Gasteiger partial charge in [-0.2, -0.15) is 8.78 Å². The Bertz CT molecular complexity index is 703. The summed E-state index contributed by atoms with van der Waals surface area (Å²) in [7, 11) is 1.65. The van der Waals surface area contributed by atoms with Crippen LogP contribution in [0.2, 0.25) is 0 Å². The van der Waals surface area contributed by atoms with E-state index in [-0.39, 0.29) is 5.75 Å². The van der Waals surface area contributed by atoms with Gasteiger partial charge in [-0.15, -0.1) is 11.3 Å². The van der Waals surface area contributed by atoms with Gasteiger partial charge < -0.3 is 15.4 Å². The molecule has 25 heavy (non-hydrogen) atoms. The number of para-hydroxylation sites is 1. The second kappa shape index (κ2) is 9.31. The van der Waals surface area contributed by atoms with Crippen molar-refractivity contribution in [2.75, 3.05) is 7.05 Å². The minimum Gasteiger partial charge on any atom is -0.434 e. The van der Waals surface area contributed by atoms with E-state index in [1.165, 1.54) is 6.07 Å². The summed E-state index contributed by atoms with van der Waals surface area (Å²) in [6.07, 6.45) is 0. The quantitative estimate of drug-likeness (QED) is 0.577. The molecule has 1 heterocycles. The van der Waals surface area contributed by atoms with Crippen LogP contribution in [0.1, 0.15) is 36.0 Å². The smallest absolute Gasteiger partial charge is 0.387 e. The summed E-state index contributed by atoms with van der Waals surface area (Å²) in [6.45, 7) is 2.22. The van der Waals surface area contributed by atoms with Gasteiger partial charge in [-0.1, -0.05) is 32.0 Å². The van der Waals surface area contributed by atoms with Crippen molar-refractivity contribution in [3.05, 3.63) is 45.9 Å². The molecule has 0 saturated carbocycles. The molecular formula is C17H22F2N4OS. The topological polar surface area (TPSA) is 58.5 Å². The van der Waals surface area contributed by atoms with Gasteiger partial charge in [-0.3, -0.25) is 4.99 Å². The highest BCUT2D eigenvalue weighted by Crippen LogP contribution is 2.20. The van der Waals surface area contributed by atoms with Crippen LogP contribution >= 0.6 is 11.3 Å². The number of nitrogens with zero attached hydrogens (tertiary/aromatic N) is 2. The van der Waals surface area contributed by atoms with E-state index in [1.54, 1.807) is 36.6 Å². The maximum Gasteiger partial charge on any atom is 0.387 e. The highest BCUT2D eigenvalue weighted by molar-refractivity contribution is 7.09. The third-order valence-corrected chi connectivity index (χ3v) is 4.29. The first-order valence-electron chi connectivity index (χ1n) is 7.91. The van der Waals surface area contributed by atoms with Crippen LogP contribution in [-0.4, -0.2) is 24.6 Å². The monoisotopic (exact) mass is 368 g/mol. The number of hydrogen-bond acceptors (Lipinski definition) is 4. The minimum absolute atomic E-state index is 0.155. The molecule has 0 unspecified atom stereocenters. The summed E-state index contributed by atoms with van der Waals surface area (Å²) in [5, 5.41) is 9.27. The van der Waals surface area contributed by atoms with E-state index in [0.717, 1.165) is 10.7 Å². The van der Waals surface area contributed by atoms with Crippen LogP contribution in [0.25, 0.3) is 0 Å². The molecule has 0 radical (unpaired) electrons. The summed E-state index contributed by atoms with van der Waals surface area (Å²) in [4.78, 5) is 8.68. The van der Waals surface area contributed by atoms with Gasteiger partial charge in [-0.05, 0) is 12.0 Å². The Morgan fingerprint density at radius 1 is 1.24 bits per heavy atom. The van der Waals surface area contributed by atoms with E-state index in [2.05, 4.69) is 44.6 Å². The number of thiazole rings is 1. The number of aliphatic imine (C=N–C) groups is 1. The summed E-state index contributed by atoms with van der Waals surface area (Å²) in [5.74, 6) is 1.11. The second-order valence-corrected chi connectivity index (χ2v) is 6.53. The number of benzene rings is 1. The molecule has 1 aromatic heterocycles. The van der Waals surface area contributed by atoms with Crippen molar-refractivity contribution < 1.29 is 13.5 Å². The third-order valence-electron chi connectivity index (χ3n) is 3.43. The zero-order chi connectivity index (χ0) is 18.2. The lowest BCUT2D eigenvalue weighted by Gasteiger charge is -2.14. The van der Waals surface area contributed by atoms with E-state index in [4.69, 9.17) is 0 Å². The van der Waals surface area contributed by atoms with Crippen LogP contribution < -0.4 is 15.4 Å². The minimum atomic E-state index is -2.85. The fraction of sp³-hybridized carbons (Fsp3) is 0.412. The third kappa shape index (κ3) is 5.97. The molecule has 8 heteroatoms. The lowest BCUT2D eigenvalue weighted by molar-refractivity contribution is -0.0504. The molecule has 0 spiro atoms. The van der Waals surface area contributed by atoms with E-state index >= 15 is 0 Å². The van der Waals surface area contributed by atoms with Gasteiger partial charge in [0.25, 0.3) is 0 Å². The van der Waals surface area contributed by atoms with Gasteiger partial charge in [0.05, 0.1) is 12.2 Å². The molecule has 0 saturated heterocycles. The van der Waals surface area contributed by atoms with Crippen molar-refractivity contribution in [3.8, 4) is 5.75 Å². The van der Waals surface area contributed by atoms with Crippen LogP contribution in [0.15, 0.2) is 34.6 Å². The molecule has 5 nitrogen and oxygen atoms in total. The molecule has 0 aliphatic carbocycles. The van der Waals surface area contributed by atoms with Crippen LogP contribution in [0.4, 0.5) is 8.78 Å². The van der Waals surface area contributed by atoms with Crippen molar-refractivity contribution in [1.29, 1.82) is 0 Å². The largest absolute Gasteiger partial charge is 0.434 e. The molecule has 2 rings (SSSR count). The van der Waals surface area contributed by atoms with E-state index in [1.807, 2.05) is 0 Å². The number of halogens is 2. The number of hydrogen-bond donors (Lipinski definition) is 2. The van der Waals surface area contributed by atoms with E-state index in [9.17, 15) is 8.78 Å². The standard InChI is InChI=1S/C17H22F2N4OS/c1-11(2)13-10-25-15(23-13)9-22-17(20-3)21-8-12-6-4-5-7-14(12)24-16(18)19/h4-7,10-11,16H,8-9H2,1-3H3,(H2,20,21,22). The Morgan fingerprint density at radius 3 is 2.60 bits per heavy atom. The van der Waals surface area contributed by atoms with Crippen molar-refractivity contribution >= 4 is 17.3 Å². The second-order valence-electron chi connectivity index (χ2n) is 5.59. The highest BCUT2D eigenvalue weighted by Gasteiger charge is 2.10. The summed E-state index contributed by atoms with van der Waals surface area (Å²) < 4.78 is 29.4. The molecular weight excluding hydrogens is 346 g/mol. The SMILES string of the molecule is CN=C(NCc1nc(C(C)C)cs1)NCc1ccccc1OC(F)F. The Balaban J connectivity index is 1.90. The molecule has 136 valence electrons. The first kappa shape index (κ1) is 19.1. The molecule has 0 atom stereocenters. The number of nitrogens with one attached hydrogen (secondary N) is 2. The van der Waals surface area contributed by atoms with Crippen LogP contribution in [-0.2, 0) is 13.1 Å². The zero-order valence-electron chi connectivity index (χ0n) is 14.4. The van der Waals surface area contributed by atoms with Crippen molar-refractivity contribution in [3.63, 3.8) is 0 Å². The molecule has 0 amide bonds. The maximum atomic E-state index is 12.4. The van der Waals surface area contributed by atoms with Gasteiger partial charge in [0, 0.05) is 24.5 Å². The molecule has 0 aliphatic heterocycles. The molecule has 0 aliphatic rings. The summed E-state index contributed by atoms with van der Waals surface area (Å²) in [5.41, 5.74) is 1.70. The number of rotatable bonds is 7. The molecule has 0 bridgehead atoms. The number of guanidine groups is 1. The fourth-order valence-corrected chi connectivity index (χ4v) is 2.99. The van der Waals surface area contributed by atoms with E-state index < -0.39 is 6.61 Å². The normalized spacial score (nSPS) is 11.9. The predicted octanol–water partition coefficient (Wildman–Crippen LogP) is 3.73. The summed E-state index contributed by atoms with van der Waals surface area (Å²) in [6, 6.07) is 6.67. The summed E-state index contributed by atoms with van der Waals surface area (Å²) >= 11 is 1.59. The predicted molar refractivity (Wildman–Crippen MR) is 96.3 cm³/mol. The van der Waals surface area contributed by atoms with Crippen LogP contribution in [0.5, 0.6) is 5.75 Å². The lowest BCUT2D eigenvalue weighted by atomic mass is 10.2. The number of aromatic nitrogens is 1. The van der Waals surface area contributed by atoms with Crippen LogP contribution in [0, 0.1) is 0 Å². The highest BCUT2D eigenvalue weighted by atomic mass is 32.1. The van der Waals surface area contributed by atoms with E-state index in [0.29, 0.717) is 30.5 Å². The average molecular weight is 368 g/mol. The molecule has 0 fully saturated rings. The number of ether oxygens (including phenoxy) is 1. The Labute approximate surface area is 150 Å². The maximum absolute atomic E-state index is 12.4. The van der Waals surface area contributed by atoms with Gasteiger partial charge in [-0.25, -0.2) is 4.98 Å².